The summed E-state index contributed by atoms with van der Waals surface area (Å²) in [5, 5.41) is 6.23. The predicted octanol–water partition coefficient (Wildman–Crippen LogP) is 5.08. The number of nitrogens with zero attached hydrogens (tertiary/aromatic N) is 3. The fourth-order valence-corrected chi connectivity index (χ4v) is 6.81. The number of nitrogens with one attached hydrogen (secondary N) is 2. The molecule has 4 amide bonds. The Morgan fingerprint density at radius 3 is 2.07 bits per heavy atom. The zero-order valence-corrected chi connectivity index (χ0v) is 29.9. The Morgan fingerprint density at radius 2 is 1.48 bits per heavy atom. The summed E-state index contributed by atoms with van der Waals surface area (Å²) in [6.45, 7) is 19.3. The van der Waals surface area contributed by atoms with Gasteiger partial charge in [0, 0.05) is 25.2 Å². The summed E-state index contributed by atoms with van der Waals surface area (Å²) < 4.78 is 0. The number of rotatable bonds is 11. The van der Waals surface area contributed by atoms with Crippen LogP contribution in [0.3, 0.4) is 0 Å². The maximum absolute atomic E-state index is 14.2. The number of likely N-dealkylation sites (N-methyl/N-ethyl adjacent to an activating group) is 1. The van der Waals surface area contributed by atoms with Crippen molar-refractivity contribution in [3.8, 4) is 0 Å². The fraction of sp³-hybridized carbons (Fsp3) is 0.676. The van der Waals surface area contributed by atoms with Gasteiger partial charge in [-0.25, -0.2) is 0 Å². The molecule has 3 rings (SSSR count). The van der Waals surface area contributed by atoms with Crippen LogP contribution in [0.5, 0.6) is 0 Å². The van der Waals surface area contributed by atoms with E-state index in [1.54, 1.807) is 23.8 Å². The summed E-state index contributed by atoms with van der Waals surface area (Å²) in [5.74, 6) is -0.620. The second-order valence-corrected chi connectivity index (χ2v) is 15.0. The highest BCUT2D eigenvalue weighted by atomic mass is 16.2. The second kappa shape index (κ2) is 16.1. The van der Waals surface area contributed by atoms with Gasteiger partial charge in [-0.05, 0) is 76.8 Å². The average Bonchev–Trinajstić information content (AvgIpc) is 3.51. The lowest BCUT2D eigenvalue weighted by Crippen LogP contribution is -2.60. The van der Waals surface area contributed by atoms with Crippen molar-refractivity contribution in [3.05, 3.63) is 47.5 Å². The van der Waals surface area contributed by atoms with Crippen molar-refractivity contribution in [2.45, 2.75) is 131 Å². The van der Waals surface area contributed by atoms with Gasteiger partial charge in [0.15, 0.2) is 0 Å². The molecule has 2 N–H and O–H groups in total. The van der Waals surface area contributed by atoms with E-state index in [2.05, 4.69) is 29.4 Å². The Morgan fingerprint density at radius 1 is 0.870 bits per heavy atom. The molecule has 9 nitrogen and oxygen atoms in total. The van der Waals surface area contributed by atoms with Gasteiger partial charge in [0.1, 0.15) is 12.1 Å². The number of hydrogen-bond acceptors (Lipinski definition) is 5. The molecule has 2 aliphatic rings. The number of carbonyl (C=O) groups excluding carboxylic acids is 4. The first-order valence-corrected chi connectivity index (χ1v) is 17.2. The van der Waals surface area contributed by atoms with Crippen molar-refractivity contribution in [1.29, 1.82) is 0 Å². The third-order valence-electron chi connectivity index (χ3n) is 9.62. The summed E-state index contributed by atoms with van der Waals surface area (Å²) in [5.41, 5.74) is 0.984. The highest BCUT2D eigenvalue weighted by Gasteiger charge is 2.40. The maximum atomic E-state index is 14.2. The quantitative estimate of drug-likeness (QED) is 0.330. The van der Waals surface area contributed by atoms with E-state index >= 15 is 0 Å². The maximum Gasteiger partial charge on any atom is 0.249 e. The van der Waals surface area contributed by atoms with Crippen LogP contribution in [0.15, 0.2) is 42.0 Å². The normalized spacial score (nSPS) is 21.6. The highest BCUT2D eigenvalue weighted by Crippen LogP contribution is 2.27. The van der Waals surface area contributed by atoms with Gasteiger partial charge in [-0.2, -0.15) is 0 Å². The van der Waals surface area contributed by atoms with E-state index in [1.807, 2.05) is 78.0 Å². The van der Waals surface area contributed by atoms with Crippen LogP contribution in [0.4, 0.5) is 0 Å². The third kappa shape index (κ3) is 9.20. The molecule has 46 heavy (non-hydrogen) atoms. The van der Waals surface area contributed by atoms with Gasteiger partial charge >= 0.3 is 0 Å². The van der Waals surface area contributed by atoms with Crippen molar-refractivity contribution < 1.29 is 19.2 Å². The van der Waals surface area contributed by atoms with E-state index in [-0.39, 0.29) is 53.7 Å². The number of piperidine rings is 1. The lowest BCUT2D eigenvalue weighted by atomic mass is 9.84. The monoisotopic (exact) mass is 637 g/mol. The first-order valence-electron chi connectivity index (χ1n) is 17.2. The van der Waals surface area contributed by atoms with E-state index in [1.165, 1.54) is 0 Å². The minimum Gasteiger partial charge on any atom is -0.348 e. The molecule has 0 bridgehead atoms. The third-order valence-corrected chi connectivity index (χ3v) is 9.62. The van der Waals surface area contributed by atoms with Gasteiger partial charge in [-0.3, -0.25) is 24.1 Å². The van der Waals surface area contributed by atoms with Crippen LogP contribution in [-0.4, -0.2) is 88.7 Å². The fourth-order valence-electron chi connectivity index (χ4n) is 6.81. The zero-order valence-electron chi connectivity index (χ0n) is 29.9. The van der Waals surface area contributed by atoms with Crippen LogP contribution in [-0.2, 0) is 19.2 Å². The summed E-state index contributed by atoms with van der Waals surface area (Å²) in [4.78, 5) is 60.4. The topological polar surface area (TPSA) is 102 Å². The Labute approximate surface area is 277 Å². The first kappa shape index (κ1) is 37.3. The predicted molar refractivity (Wildman–Crippen MR) is 184 cm³/mol. The van der Waals surface area contributed by atoms with Crippen molar-refractivity contribution in [2.75, 3.05) is 20.1 Å². The van der Waals surface area contributed by atoms with Gasteiger partial charge in [0.2, 0.25) is 23.6 Å². The molecule has 2 saturated heterocycles. The van der Waals surface area contributed by atoms with Crippen LogP contribution < -0.4 is 10.6 Å². The molecular formula is C37H59N5O4. The zero-order chi connectivity index (χ0) is 34.3. The van der Waals surface area contributed by atoms with E-state index in [9.17, 15) is 19.2 Å². The summed E-state index contributed by atoms with van der Waals surface area (Å²) in [6, 6.07) is 7.95. The number of benzene rings is 1. The SMILES string of the molecule is CC(=C[C@H](C(C)C)N(C)C(=O)[C@@H](NC(=O)[C@H]1CCCCN1C(C)C)C(C)(C)C)C(=O)N1CCC[C@H]1C(=O)N[C@H](C)c1ccccc1. The van der Waals surface area contributed by atoms with Gasteiger partial charge in [-0.1, -0.05) is 77.4 Å². The molecule has 5 atom stereocenters. The van der Waals surface area contributed by atoms with Crippen LogP contribution >= 0.6 is 0 Å². The largest absolute Gasteiger partial charge is 0.348 e. The van der Waals surface area contributed by atoms with Crippen molar-refractivity contribution in [2.24, 2.45) is 11.3 Å². The highest BCUT2D eigenvalue weighted by molar-refractivity contribution is 5.97. The molecule has 9 heteroatoms. The molecule has 256 valence electrons. The molecule has 0 spiro atoms. The van der Waals surface area contributed by atoms with E-state index < -0.39 is 17.5 Å². The molecule has 1 aromatic rings. The van der Waals surface area contributed by atoms with E-state index in [4.69, 9.17) is 0 Å². The van der Waals surface area contributed by atoms with E-state index in [0.717, 1.165) is 37.8 Å². The molecule has 0 saturated carbocycles. The Kier molecular flexibility index (Phi) is 13.0. The van der Waals surface area contributed by atoms with Crippen LogP contribution in [0, 0.1) is 11.3 Å². The van der Waals surface area contributed by atoms with Gasteiger partial charge in [0.05, 0.1) is 18.1 Å². The number of amides is 4. The molecule has 2 heterocycles. The minimum absolute atomic E-state index is 0.00666. The summed E-state index contributed by atoms with van der Waals surface area (Å²) in [7, 11) is 1.75. The standard InChI is InChI=1S/C37H59N5O4/c1-24(2)31(40(10)36(46)32(37(7,8)9)39-34(44)29-19-14-15-21-41(29)25(3)4)23-26(5)35(45)42-22-16-20-30(42)33(43)38-27(6)28-17-12-11-13-18-28/h11-13,17-18,23-25,27,29-32H,14-16,19-22H2,1-10H3,(H,38,43)(H,39,44)/t27-,29-,30+,31-,32-/m1/s1. The smallest absolute Gasteiger partial charge is 0.249 e. The summed E-state index contributed by atoms with van der Waals surface area (Å²) in [6.07, 6.45) is 6.07. The van der Waals surface area contributed by atoms with Crippen molar-refractivity contribution in [3.63, 3.8) is 0 Å². The Hall–Kier alpha value is -3.20. The lowest BCUT2D eigenvalue weighted by Gasteiger charge is -2.41. The van der Waals surface area contributed by atoms with E-state index in [0.29, 0.717) is 18.5 Å². The number of carbonyl (C=O) groups is 4. The number of hydrogen-bond donors (Lipinski definition) is 2. The minimum atomic E-state index is -0.732. The molecule has 0 radical (unpaired) electrons. The molecule has 0 aliphatic carbocycles. The first-order chi connectivity index (χ1) is 21.5. The second-order valence-electron chi connectivity index (χ2n) is 15.0. The molecule has 0 unspecified atom stereocenters. The number of likely N-dealkylation sites (tertiary alicyclic amines) is 2. The molecule has 2 fully saturated rings. The van der Waals surface area contributed by atoms with Crippen molar-refractivity contribution in [1.82, 2.24) is 25.3 Å². The molecule has 1 aromatic carbocycles. The summed E-state index contributed by atoms with van der Waals surface area (Å²) >= 11 is 0. The van der Waals surface area contributed by atoms with Crippen LogP contribution in [0.2, 0.25) is 0 Å². The van der Waals surface area contributed by atoms with Gasteiger partial charge in [0.25, 0.3) is 0 Å². The van der Waals surface area contributed by atoms with Crippen LogP contribution in [0.25, 0.3) is 0 Å². The Bertz CT molecular complexity index is 1240. The molecule has 0 aromatic heterocycles. The van der Waals surface area contributed by atoms with Crippen LogP contribution in [0.1, 0.15) is 106 Å². The Balaban J connectivity index is 1.76. The van der Waals surface area contributed by atoms with Gasteiger partial charge < -0.3 is 20.4 Å². The molecule has 2 aliphatic heterocycles. The molecular weight excluding hydrogens is 578 g/mol. The lowest BCUT2D eigenvalue weighted by molar-refractivity contribution is -0.142. The van der Waals surface area contributed by atoms with Crippen molar-refractivity contribution >= 4 is 23.6 Å². The average molecular weight is 638 g/mol. The van der Waals surface area contributed by atoms with Gasteiger partial charge in [-0.15, -0.1) is 0 Å².